The minimum Gasteiger partial charge on any atom is -0.480 e. The molecule has 0 bridgehead atoms. The molecule has 2 N–H and O–H groups in total. The number of hydrogen-bond donors (Lipinski definition) is 2. The summed E-state index contributed by atoms with van der Waals surface area (Å²) in [4.78, 5) is 24.1. The van der Waals surface area contributed by atoms with Crippen LogP contribution < -0.4 is 5.56 Å². The van der Waals surface area contributed by atoms with Crippen molar-refractivity contribution in [2.75, 3.05) is 13.1 Å². The van der Waals surface area contributed by atoms with Gasteiger partial charge in [-0.25, -0.2) is 4.39 Å². The zero-order valence-electron chi connectivity index (χ0n) is 14.6. The maximum atomic E-state index is 13.7. The lowest BCUT2D eigenvalue weighted by atomic mass is 9.86. The molecular formula is C18H18F4N2O4. The number of carbonyl (C=O) groups is 1. The number of H-pyrrole nitrogens is 1. The second-order valence-electron chi connectivity index (χ2n) is 6.90. The monoisotopic (exact) mass is 402 g/mol. The Morgan fingerprint density at radius 2 is 2.04 bits per heavy atom. The highest BCUT2D eigenvalue weighted by Crippen LogP contribution is 2.34. The number of piperidine rings is 1. The highest BCUT2D eigenvalue weighted by molar-refractivity contribution is 5.69. The highest BCUT2D eigenvalue weighted by Gasteiger charge is 2.34. The summed E-state index contributed by atoms with van der Waals surface area (Å²) in [6.45, 7) is 0.0773. The first kappa shape index (κ1) is 20.1. The van der Waals surface area contributed by atoms with E-state index in [4.69, 9.17) is 9.63 Å². The molecule has 2 heterocycles. The number of aromatic nitrogens is 1. The van der Waals surface area contributed by atoms with Gasteiger partial charge < -0.3 is 9.63 Å². The fraction of sp³-hybridized carbons (Fsp3) is 0.444. The number of aromatic amines is 1. The second kappa shape index (κ2) is 7.78. The summed E-state index contributed by atoms with van der Waals surface area (Å²) in [5.74, 6) is -1.84. The number of halogens is 4. The standard InChI is InChI=1S/C18H18F4N2O4/c19-13-4-10(3-12(7-13)18(20,21)22)5-14-6-11(15-8-16(25)23-28-15)1-2-24(14)9-17(26)27/h3-4,7-8,11,14H,1-2,5-6,9H2,(H,23,25)(H,26,27). The molecule has 0 saturated carbocycles. The number of nitrogens with zero attached hydrogens (tertiary/aromatic N) is 1. The third-order valence-electron chi connectivity index (χ3n) is 4.88. The SMILES string of the molecule is O=C(O)CN1CCC(c2cc(=O)[nH]o2)CC1Cc1cc(F)cc(C(F)(F)F)c1. The highest BCUT2D eigenvalue weighted by atomic mass is 19.4. The van der Waals surface area contributed by atoms with Crippen LogP contribution in [0, 0.1) is 5.82 Å². The van der Waals surface area contributed by atoms with E-state index in [1.807, 2.05) is 0 Å². The second-order valence-corrected chi connectivity index (χ2v) is 6.90. The van der Waals surface area contributed by atoms with E-state index in [2.05, 4.69) is 5.16 Å². The van der Waals surface area contributed by atoms with Crippen molar-refractivity contribution in [3.63, 3.8) is 0 Å². The average Bonchev–Trinajstić information content (AvgIpc) is 3.01. The molecule has 152 valence electrons. The largest absolute Gasteiger partial charge is 0.480 e. The van der Waals surface area contributed by atoms with Crippen LogP contribution in [0.4, 0.5) is 17.6 Å². The molecule has 6 nitrogen and oxygen atoms in total. The summed E-state index contributed by atoms with van der Waals surface area (Å²) in [7, 11) is 0. The molecule has 1 saturated heterocycles. The van der Waals surface area contributed by atoms with Gasteiger partial charge in [0, 0.05) is 18.0 Å². The molecule has 3 rings (SSSR count). The first-order valence-electron chi connectivity index (χ1n) is 8.62. The van der Waals surface area contributed by atoms with Crippen LogP contribution in [0.15, 0.2) is 33.6 Å². The number of nitrogens with one attached hydrogen (secondary N) is 1. The van der Waals surface area contributed by atoms with Crippen LogP contribution in [0.3, 0.4) is 0 Å². The normalized spacial score (nSPS) is 21.0. The van der Waals surface area contributed by atoms with Crippen LogP contribution in [0.25, 0.3) is 0 Å². The summed E-state index contributed by atoms with van der Waals surface area (Å²) < 4.78 is 57.7. The summed E-state index contributed by atoms with van der Waals surface area (Å²) in [6, 6.07) is 3.18. The molecule has 1 aromatic carbocycles. The van der Waals surface area contributed by atoms with E-state index in [0.717, 1.165) is 12.1 Å². The molecule has 1 aromatic heterocycles. The van der Waals surface area contributed by atoms with Crippen molar-refractivity contribution in [1.82, 2.24) is 10.1 Å². The summed E-state index contributed by atoms with van der Waals surface area (Å²) >= 11 is 0. The van der Waals surface area contributed by atoms with Gasteiger partial charge in [0.25, 0.3) is 5.56 Å². The number of likely N-dealkylation sites (tertiary alicyclic amines) is 1. The van der Waals surface area contributed by atoms with Gasteiger partial charge in [-0.1, -0.05) is 0 Å². The third kappa shape index (κ3) is 4.80. The van der Waals surface area contributed by atoms with Crippen molar-refractivity contribution in [3.8, 4) is 0 Å². The number of aliphatic carboxylic acids is 1. The van der Waals surface area contributed by atoms with E-state index in [1.165, 1.54) is 6.07 Å². The van der Waals surface area contributed by atoms with Gasteiger partial charge in [0.05, 0.1) is 12.1 Å². The van der Waals surface area contributed by atoms with Crippen LogP contribution in [0.2, 0.25) is 0 Å². The van der Waals surface area contributed by atoms with Gasteiger partial charge in [0.1, 0.15) is 11.6 Å². The minimum atomic E-state index is -4.68. The van der Waals surface area contributed by atoms with E-state index in [1.54, 1.807) is 4.90 Å². The zero-order chi connectivity index (χ0) is 20.5. The smallest absolute Gasteiger partial charge is 0.416 e. The predicted octanol–water partition coefficient (Wildman–Crippen LogP) is 3.00. The Morgan fingerprint density at radius 1 is 1.29 bits per heavy atom. The molecule has 1 fully saturated rings. The topological polar surface area (TPSA) is 86.5 Å². The Morgan fingerprint density at radius 3 is 2.64 bits per heavy atom. The van der Waals surface area contributed by atoms with Gasteiger partial charge in [0.2, 0.25) is 0 Å². The molecule has 2 aromatic rings. The Hall–Kier alpha value is -2.62. The Kier molecular flexibility index (Phi) is 5.59. The first-order valence-corrected chi connectivity index (χ1v) is 8.62. The number of benzene rings is 1. The van der Waals surface area contributed by atoms with Crippen molar-refractivity contribution >= 4 is 5.97 Å². The van der Waals surface area contributed by atoms with Gasteiger partial charge in [-0.15, -0.1) is 0 Å². The molecule has 2 atom stereocenters. The fourth-order valence-electron chi connectivity index (χ4n) is 3.65. The van der Waals surface area contributed by atoms with Crippen LogP contribution >= 0.6 is 0 Å². The van der Waals surface area contributed by atoms with Crippen LogP contribution in [0.5, 0.6) is 0 Å². The van der Waals surface area contributed by atoms with Crippen molar-refractivity contribution in [2.45, 2.75) is 37.4 Å². The molecule has 0 spiro atoms. The van der Waals surface area contributed by atoms with Crippen LogP contribution in [-0.4, -0.2) is 40.3 Å². The maximum absolute atomic E-state index is 13.7. The molecule has 28 heavy (non-hydrogen) atoms. The van der Waals surface area contributed by atoms with Crippen molar-refractivity contribution in [2.24, 2.45) is 0 Å². The number of alkyl halides is 3. The quantitative estimate of drug-likeness (QED) is 0.751. The minimum absolute atomic E-state index is 0.0409. The van der Waals surface area contributed by atoms with E-state index in [-0.39, 0.29) is 24.4 Å². The summed E-state index contributed by atoms with van der Waals surface area (Å²) in [5.41, 5.74) is -1.36. The average molecular weight is 402 g/mol. The Labute approximate surface area is 156 Å². The Bertz CT molecular complexity index is 905. The van der Waals surface area contributed by atoms with E-state index < -0.39 is 35.1 Å². The lowest BCUT2D eigenvalue weighted by Gasteiger charge is -2.38. The molecule has 10 heteroatoms. The van der Waals surface area contributed by atoms with E-state index in [0.29, 0.717) is 31.2 Å². The zero-order valence-corrected chi connectivity index (χ0v) is 14.6. The van der Waals surface area contributed by atoms with E-state index in [9.17, 15) is 27.2 Å². The van der Waals surface area contributed by atoms with Crippen LogP contribution in [0.1, 0.15) is 35.6 Å². The van der Waals surface area contributed by atoms with E-state index >= 15 is 0 Å². The summed E-state index contributed by atoms with van der Waals surface area (Å²) in [5, 5.41) is 11.3. The maximum Gasteiger partial charge on any atom is 0.416 e. The number of carboxylic acid groups (broad SMARTS) is 1. The molecule has 0 aliphatic carbocycles. The van der Waals surface area contributed by atoms with Crippen molar-refractivity contribution in [3.05, 3.63) is 57.3 Å². The Balaban J connectivity index is 1.85. The van der Waals surface area contributed by atoms with Crippen molar-refractivity contribution < 1.29 is 32.0 Å². The molecule has 0 amide bonds. The molecule has 0 radical (unpaired) electrons. The first-order chi connectivity index (χ1) is 13.1. The van der Waals surface area contributed by atoms with Gasteiger partial charge in [-0.3, -0.25) is 14.5 Å². The summed E-state index contributed by atoms with van der Waals surface area (Å²) in [6.07, 6.45) is -3.74. The molecule has 2 unspecified atom stereocenters. The molecule has 1 aliphatic heterocycles. The number of rotatable bonds is 5. The van der Waals surface area contributed by atoms with Gasteiger partial charge in [0.15, 0.2) is 0 Å². The van der Waals surface area contributed by atoms with Gasteiger partial charge >= 0.3 is 12.1 Å². The number of carboxylic acids is 1. The molecular weight excluding hydrogens is 384 g/mol. The lowest BCUT2D eigenvalue weighted by Crippen LogP contribution is -2.45. The third-order valence-corrected chi connectivity index (χ3v) is 4.88. The fourth-order valence-corrected chi connectivity index (χ4v) is 3.65. The van der Waals surface area contributed by atoms with Crippen molar-refractivity contribution in [1.29, 1.82) is 0 Å². The number of hydrogen-bond acceptors (Lipinski definition) is 4. The molecule has 1 aliphatic rings. The van der Waals surface area contributed by atoms with Gasteiger partial charge in [-0.2, -0.15) is 18.3 Å². The predicted molar refractivity (Wildman–Crippen MR) is 89.4 cm³/mol. The van der Waals surface area contributed by atoms with Gasteiger partial charge in [-0.05, 0) is 49.6 Å². The van der Waals surface area contributed by atoms with Crippen LogP contribution in [-0.2, 0) is 17.4 Å². The lowest BCUT2D eigenvalue weighted by molar-refractivity contribution is -0.139.